The van der Waals surface area contributed by atoms with Crippen LogP contribution in [0, 0.1) is 5.82 Å². The number of imidazole rings is 1. The van der Waals surface area contributed by atoms with E-state index in [2.05, 4.69) is 4.98 Å². The molecular formula is C14H9Cl2FN2O. The van der Waals surface area contributed by atoms with Crippen molar-refractivity contribution in [1.82, 2.24) is 9.38 Å². The smallest absolute Gasteiger partial charge is 0.139 e. The second-order valence-corrected chi connectivity index (χ2v) is 5.08. The van der Waals surface area contributed by atoms with E-state index >= 15 is 0 Å². The van der Waals surface area contributed by atoms with E-state index in [9.17, 15) is 9.50 Å². The molecule has 0 unspecified atom stereocenters. The van der Waals surface area contributed by atoms with Gasteiger partial charge in [0.2, 0.25) is 0 Å². The van der Waals surface area contributed by atoms with Crippen molar-refractivity contribution in [2.45, 2.75) is 6.61 Å². The third kappa shape index (κ3) is 2.16. The van der Waals surface area contributed by atoms with E-state index in [1.165, 1.54) is 16.7 Å². The van der Waals surface area contributed by atoms with E-state index in [1.54, 1.807) is 24.3 Å². The van der Waals surface area contributed by atoms with Gasteiger partial charge in [-0.15, -0.1) is 0 Å². The summed E-state index contributed by atoms with van der Waals surface area (Å²) in [5.74, 6) is -0.398. The Labute approximate surface area is 124 Å². The largest absolute Gasteiger partial charge is 0.390 e. The molecule has 0 saturated heterocycles. The lowest BCUT2D eigenvalue weighted by molar-refractivity contribution is 0.276. The lowest BCUT2D eigenvalue weighted by atomic mass is 10.1. The summed E-state index contributed by atoms with van der Waals surface area (Å²) in [6.07, 6.45) is 1.29. The predicted molar refractivity (Wildman–Crippen MR) is 76.5 cm³/mol. The Bertz CT molecular complexity index is 801. The molecular weight excluding hydrogens is 302 g/mol. The third-order valence-electron chi connectivity index (χ3n) is 3.02. The number of halogens is 3. The van der Waals surface area contributed by atoms with Crippen molar-refractivity contribution in [1.29, 1.82) is 0 Å². The van der Waals surface area contributed by atoms with E-state index in [1.807, 2.05) is 0 Å². The first-order chi connectivity index (χ1) is 9.60. The van der Waals surface area contributed by atoms with Crippen LogP contribution in [0.3, 0.4) is 0 Å². The zero-order chi connectivity index (χ0) is 14.3. The van der Waals surface area contributed by atoms with Gasteiger partial charge in [-0.1, -0.05) is 29.3 Å². The first-order valence-corrected chi connectivity index (χ1v) is 6.58. The van der Waals surface area contributed by atoms with Gasteiger partial charge >= 0.3 is 0 Å². The fraction of sp³-hybridized carbons (Fsp3) is 0.0714. The molecule has 0 aliphatic rings. The number of hydrogen-bond acceptors (Lipinski definition) is 2. The monoisotopic (exact) mass is 310 g/mol. The van der Waals surface area contributed by atoms with Gasteiger partial charge in [-0.3, -0.25) is 4.40 Å². The highest BCUT2D eigenvalue weighted by molar-refractivity contribution is 6.42. The zero-order valence-corrected chi connectivity index (χ0v) is 11.7. The molecule has 0 bridgehead atoms. The highest BCUT2D eigenvalue weighted by atomic mass is 35.5. The van der Waals surface area contributed by atoms with Gasteiger partial charge in [0.05, 0.1) is 28.0 Å². The summed E-state index contributed by atoms with van der Waals surface area (Å²) in [6.45, 7) is -0.264. The third-order valence-corrected chi connectivity index (χ3v) is 3.76. The minimum atomic E-state index is -0.398. The standard InChI is InChI=1S/C14H9Cl2FN2O/c15-10-3-1-8(5-11(10)16)14-12(7-20)19-6-9(17)2-4-13(19)18-14/h1-6,20H,7H2. The summed E-state index contributed by atoms with van der Waals surface area (Å²) in [5, 5.41) is 10.4. The van der Waals surface area contributed by atoms with Gasteiger partial charge in [0, 0.05) is 11.8 Å². The van der Waals surface area contributed by atoms with Crippen LogP contribution >= 0.6 is 23.2 Å². The van der Waals surface area contributed by atoms with Crippen LogP contribution in [0.25, 0.3) is 16.9 Å². The average Bonchev–Trinajstić information content (AvgIpc) is 2.79. The molecule has 20 heavy (non-hydrogen) atoms. The normalized spacial score (nSPS) is 11.2. The van der Waals surface area contributed by atoms with Crippen molar-refractivity contribution >= 4 is 28.8 Å². The summed E-state index contributed by atoms with van der Waals surface area (Å²) in [4.78, 5) is 4.40. The number of aliphatic hydroxyl groups excluding tert-OH is 1. The van der Waals surface area contributed by atoms with Crippen molar-refractivity contribution in [2.75, 3.05) is 0 Å². The van der Waals surface area contributed by atoms with Crippen LogP contribution in [-0.2, 0) is 6.61 Å². The first kappa shape index (κ1) is 13.4. The van der Waals surface area contributed by atoms with E-state index in [0.717, 1.165) is 0 Å². The summed E-state index contributed by atoms with van der Waals surface area (Å²) < 4.78 is 14.8. The summed E-state index contributed by atoms with van der Waals surface area (Å²) >= 11 is 11.9. The van der Waals surface area contributed by atoms with Crippen molar-refractivity contribution in [3.05, 3.63) is 58.1 Å². The molecule has 3 nitrogen and oxygen atoms in total. The lowest BCUT2D eigenvalue weighted by Crippen LogP contribution is -1.95. The number of rotatable bonds is 2. The topological polar surface area (TPSA) is 37.5 Å². The van der Waals surface area contributed by atoms with Crippen LogP contribution in [-0.4, -0.2) is 14.5 Å². The molecule has 0 aliphatic heterocycles. The van der Waals surface area contributed by atoms with E-state index in [0.29, 0.717) is 32.6 Å². The maximum atomic E-state index is 13.3. The maximum Gasteiger partial charge on any atom is 0.139 e. The fourth-order valence-corrected chi connectivity index (χ4v) is 2.39. The van der Waals surface area contributed by atoms with Crippen molar-refractivity contribution < 1.29 is 9.50 Å². The lowest BCUT2D eigenvalue weighted by Gasteiger charge is -2.03. The summed E-state index contributed by atoms with van der Waals surface area (Å²) in [5.41, 5.74) is 2.32. The Hall–Kier alpha value is -1.62. The molecule has 1 N–H and O–H groups in total. The van der Waals surface area contributed by atoms with Gasteiger partial charge in [-0.25, -0.2) is 9.37 Å². The van der Waals surface area contributed by atoms with Gasteiger partial charge in [-0.2, -0.15) is 0 Å². The maximum absolute atomic E-state index is 13.3. The minimum Gasteiger partial charge on any atom is -0.390 e. The van der Waals surface area contributed by atoms with Gasteiger partial charge in [-0.05, 0) is 24.3 Å². The van der Waals surface area contributed by atoms with E-state index in [4.69, 9.17) is 23.2 Å². The SMILES string of the molecule is OCc1c(-c2ccc(Cl)c(Cl)c2)nc2ccc(F)cn12. The predicted octanol–water partition coefficient (Wildman–Crippen LogP) is 3.94. The molecule has 0 aliphatic carbocycles. The Balaban J connectivity index is 2.27. The molecule has 2 heterocycles. The Morgan fingerprint density at radius 1 is 1.15 bits per heavy atom. The molecule has 0 fully saturated rings. The van der Waals surface area contributed by atoms with Gasteiger partial charge < -0.3 is 5.11 Å². The van der Waals surface area contributed by atoms with Crippen LogP contribution in [0.15, 0.2) is 36.5 Å². The Morgan fingerprint density at radius 3 is 2.65 bits per heavy atom. The fourth-order valence-electron chi connectivity index (χ4n) is 2.09. The number of hydrogen-bond donors (Lipinski definition) is 1. The second-order valence-electron chi connectivity index (χ2n) is 4.27. The quantitative estimate of drug-likeness (QED) is 0.778. The Morgan fingerprint density at radius 2 is 1.95 bits per heavy atom. The molecule has 0 amide bonds. The summed E-state index contributed by atoms with van der Waals surface area (Å²) in [7, 11) is 0. The molecule has 0 radical (unpaired) electrons. The van der Waals surface area contributed by atoms with Crippen molar-refractivity contribution in [3.63, 3.8) is 0 Å². The Kier molecular flexibility index (Phi) is 3.38. The van der Waals surface area contributed by atoms with E-state index < -0.39 is 5.82 Å². The van der Waals surface area contributed by atoms with Crippen LogP contribution in [0.4, 0.5) is 4.39 Å². The number of benzene rings is 1. The minimum absolute atomic E-state index is 0.264. The molecule has 1 aromatic carbocycles. The molecule has 0 spiro atoms. The highest BCUT2D eigenvalue weighted by Gasteiger charge is 2.14. The van der Waals surface area contributed by atoms with Gasteiger partial charge in [0.1, 0.15) is 11.5 Å². The first-order valence-electron chi connectivity index (χ1n) is 5.83. The van der Waals surface area contributed by atoms with Gasteiger partial charge in [0.15, 0.2) is 0 Å². The molecule has 6 heteroatoms. The van der Waals surface area contributed by atoms with Crippen LogP contribution < -0.4 is 0 Å². The van der Waals surface area contributed by atoms with Crippen molar-refractivity contribution in [3.8, 4) is 11.3 Å². The van der Waals surface area contributed by atoms with Crippen LogP contribution in [0.5, 0.6) is 0 Å². The molecule has 3 rings (SSSR count). The molecule has 102 valence electrons. The number of nitrogens with zero attached hydrogens (tertiary/aromatic N) is 2. The molecule has 2 aromatic heterocycles. The number of aliphatic hydroxyl groups is 1. The van der Waals surface area contributed by atoms with Gasteiger partial charge in [0.25, 0.3) is 0 Å². The van der Waals surface area contributed by atoms with Crippen LogP contribution in [0.2, 0.25) is 10.0 Å². The molecule has 3 aromatic rings. The van der Waals surface area contributed by atoms with E-state index in [-0.39, 0.29) is 6.61 Å². The number of fused-ring (bicyclic) bond motifs is 1. The average molecular weight is 311 g/mol. The molecule has 0 saturated carbocycles. The second kappa shape index (κ2) is 5.05. The number of pyridine rings is 1. The van der Waals surface area contributed by atoms with Crippen molar-refractivity contribution in [2.24, 2.45) is 0 Å². The number of aromatic nitrogens is 2. The molecule has 0 atom stereocenters. The summed E-state index contributed by atoms with van der Waals surface area (Å²) in [6, 6.07) is 7.95. The van der Waals surface area contributed by atoms with Crippen LogP contribution in [0.1, 0.15) is 5.69 Å². The highest BCUT2D eigenvalue weighted by Crippen LogP contribution is 2.30. The zero-order valence-electron chi connectivity index (χ0n) is 10.1.